The van der Waals surface area contributed by atoms with Crippen molar-refractivity contribution in [1.29, 1.82) is 0 Å². The van der Waals surface area contributed by atoms with Crippen LogP contribution < -0.4 is 14.9 Å². The van der Waals surface area contributed by atoms with Crippen LogP contribution in [0.3, 0.4) is 0 Å². The van der Waals surface area contributed by atoms with Gasteiger partial charge < -0.3 is 14.0 Å². The van der Waals surface area contributed by atoms with Crippen LogP contribution in [0.15, 0.2) is 133 Å². The van der Waals surface area contributed by atoms with Gasteiger partial charge in [0.1, 0.15) is 5.75 Å². The first-order valence-corrected chi connectivity index (χ1v) is 14.1. The zero-order chi connectivity index (χ0) is 27.8. The van der Waals surface area contributed by atoms with Gasteiger partial charge in [-0.1, -0.05) is 84.9 Å². The molecule has 2 aliphatic heterocycles. The normalized spacial score (nSPS) is 12.8. The third kappa shape index (κ3) is 3.18. The minimum Gasteiger partial charge on any atom is -0.536 e. The molecule has 1 aromatic heterocycles. The molecule has 0 bridgehead atoms. The Morgan fingerprint density at radius 3 is 2.07 bits per heavy atom. The smallest absolute Gasteiger partial charge is 0.524 e. The zero-order valence-electron chi connectivity index (χ0n) is 22.5. The maximum atomic E-state index is 7.91. The average molecular weight is 535 g/mol. The lowest BCUT2D eigenvalue weighted by molar-refractivity contribution is 0.603. The Labute approximate surface area is 243 Å². The predicted molar refractivity (Wildman–Crippen MR) is 173 cm³/mol. The first-order chi connectivity index (χ1) is 20.8. The second-order valence-corrected chi connectivity index (χ2v) is 10.8. The summed E-state index contributed by atoms with van der Waals surface area (Å²) in [6, 6.07) is 46.5. The number of hydrogen-bond donors (Lipinski definition) is 0. The summed E-state index contributed by atoms with van der Waals surface area (Å²) >= 11 is 0. The first kappa shape index (κ1) is 23.0. The lowest BCUT2D eigenvalue weighted by Gasteiger charge is -2.31. The Kier molecular flexibility index (Phi) is 4.73. The number of rotatable bonds is 2. The summed E-state index contributed by atoms with van der Waals surface area (Å²) in [4.78, 5) is 6.17. The highest BCUT2D eigenvalue weighted by Crippen LogP contribution is 2.48. The number of anilines is 2. The van der Waals surface area contributed by atoms with Gasteiger partial charge in [-0.25, -0.2) is 4.85 Å². The SMILES string of the molecule is [C-]#[N+]c1cc(-c2ccc3c(c2)OB2c4ccccc4-c4ccccc4N23)cc(-n2c3ccccc3c3ccccc32)c1. The van der Waals surface area contributed by atoms with Crippen molar-refractivity contribution in [2.24, 2.45) is 0 Å². The number of hydrogen-bond acceptors (Lipinski definition) is 2. The monoisotopic (exact) mass is 535 g/mol. The molecule has 0 amide bonds. The second-order valence-electron chi connectivity index (χ2n) is 10.8. The molecule has 42 heavy (non-hydrogen) atoms. The molecule has 0 saturated carbocycles. The Hall–Kier alpha value is -5.73. The van der Waals surface area contributed by atoms with E-state index in [4.69, 9.17) is 11.2 Å². The lowest BCUT2D eigenvalue weighted by Crippen LogP contribution is -2.50. The summed E-state index contributed by atoms with van der Waals surface area (Å²) in [6.45, 7) is 7.91. The van der Waals surface area contributed by atoms with Crippen LogP contribution >= 0.6 is 0 Å². The fourth-order valence-electron chi connectivity index (χ4n) is 6.77. The van der Waals surface area contributed by atoms with Gasteiger partial charge >= 0.3 is 7.05 Å². The van der Waals surface area contributed by atoms with E-state index in [1.807, 2.05) is 12.1 Å². The number of para-hydroxylation sites is 3. The Morgan fingerprint density at radius 1 is 0.595 bits per heavy atom. The minimum absolute atomic E-state index is 0.218. The molecule has 0 N–H and O–H groups in total. The lowest BCUT2D eigenvalue weighted by atomic mass is 9.65. The van der Waals surface area contributed by atoms with Crippen LogP contribution in [0.1, 0.15) is 0 Å². The van der Waals surface area contributed by atoms with Gasteiger partial charge in [0, 0.05) is 27.7 Å². The van der Waals surface area contributed by atoms with E-state index in [2.05, 4.69) is 136 Å². The van der Waals surface area contributed by atoms with Crippen LogP contribution in [-0.2, 0) is 0 Å². The van der Waals surface area contributed by atoms with Crippen LogP contribution in [0, 0.1) is 6.57 Å². The van der Waals surface area contributed by atoms with Gasteiger partial charge in [-0.3, -0.25) is 0 Å². The fourth-order valence-corrected chi connectivity index (χ4v) is 6.77. The molecule has 194 valence electrons. The Bertz CT molecular complexity index is 2230. The van der Waals surface area contributed by atoms with Crippen molar-refractivity contribution < 1.29 is 4.65 Å². The molecule has 7 aromatic rings. The predicted octanol–water partition coefficient (Wildman–Crippen LogP) is 8.91. The molecule has 2 aliphatic rings. The van der Waals surface area contributed by atoms with E-state index in [0.717, 1.165) is 50.4 Å². The van der Waals surface area contributed by atoms with Crippen molar-refractivity contribution in [3.8, 4) is 33.7 Å². The van der Waals surface area contributed by atoms with Gasteiger partial charge in [0.2, 0.25) is 0 Å². The van der Waals surface area contributed by atoms with Gasteiger partial charge in [0.15, 0.2) is 5.69 Å². The standard InChI is InChI=1S/C37H22BN3O/c1-39-26-20-25(21-27(23-26)40-33-15-7-3-12-30(33)31-13-4-8-16-34(31)40)24-18-19-36-37(22-24)42-38-32-14-6-2-10-28(32)29-11-5-9-17-35(29)41(36)38/h2-23H. The number of nitrogens with zero attached hydrogens (tertiary/aromatic N) is 3. The molecule has 0 unspecified atom stereocenters. The fraction of sp³-hybridized carbons (Fsp3) is 0. The summed E-state index contributed by atoms with van der Waals surface area (Å²) in [5.74, 6) is 0.843. The van der Waals surface area contributed by atoms with E-state index in [1.54, 1.807) is 0 Å². The molecule has 3 heterocycles. The average Bonchev–Trinajstić information content (AvgIpc) is 3.61. The van der Waals surface area contributed by atoms with Gasteiger partial charge in [0.25, 0.3) is 0 Å². The van der Waals surface area contributed by atoms with Crippen molar-refractivity contribution in [3.05, 3.63) is 145 Å². The third-order valence-electron chi connectivity index (χ3n) is 8.58. The van der Waals surface area contributed by atoms with Crippen molar-refractivity contribution in [3.63, 3.8) is 0 Å². The second kappa shape index (κ2) is 8.64. The molecule has 0 spiro atoms. The quantitative estimate of drug-likeness (QED) is 0.163. The molecule has 0 atom stereocenters. The minimum atomic E-state index is -0.218. The van der Waals surface area contributed by atoms with Crippen LogP contribution in [0.25, 0.3) is 54.6 Å². The van der Waals surface area contributed by atoms with Crippen molar-refractivity contribution in [2.45, 2.75) is 0 Å². The molecule has 5 heteroatoms. The van der Waals surface area contributed by atoms with Crippen LogP contribution in [-0.4, -0.2) is 11.6 Å². The first-order valence-electron chi connectivity index (χ1n) is 14.1. The van der Waals surface area contributed by atoms with Crippen molar-refractivity contribution >= 4 is 51.4 Å². The largest absolute Gasteiger partial charge is 0.536 e. The molecule has 0 fully saturated rings. The van der Waals surface area contributed by atoms with Gasteiger partial charge in [0.05, 0.1) is 23.3 Å². The molecule has 0 radical (unpaired) electrons. The van der Waals surface area contributed by atoms with Gasteiger partial charge in [-0.05, 0) is 70.7 Å². The van der Waals surface area contributed by atoms with E-state index >= 15 is 0 Å². The molecule has 6 aromatic carbocycles. The van der Waals surface area contributed by atoms with E-state index in [9.17, 15) is 0 Å². The highest BCUT2D eigenvalue weighted by atomic mass is 16.5. The molecule has 4 nitrogen and oxygen atoms in total. The van der Waals surface area contributed by atoms with Crippen molar-refractivity contribution in [2.75, 3.05) is 4.81 Å². The zero-order valence-corrected chi connectivity index (χ0v) is 22.5. The van der Waals surface area contributed by atoms with Crippen molar-refractivity contribution in [1.82, 2.24) is 4.57 Å². The highest BCUT2D eigenvalue weighted by Gasteiger charge is 2.44. The number of fused-ring (bicyclic) bond motifs is 11. The van der Waals surface area contributed by atoms with E-state index in [1.165, 1.54) is 21.9 Å². The third-order valence-corrected chi connectivity index (χ3v) is 8.58. The van der Waals surface area contributed by atoms with Crippen LogP contribution in [0.2, 0.25) is 0 Å². The highest BCUT2D eigenvalue weighted by molar-refractivity contribution is 6.77. The van der Waals surface area contributed by atoms with E-state index in [0.29, 0.717) is 5.69 Å². The molecular formula is C37H22BN3O. The molecule has 0 aliphatic carbocycles. The summed E-state index contributed by atoms with van der Waals surface area (Å²) in [5, 5.41) is 2.40. The number of benzene rings is 6. The topological polar surface area (TPSA) is 21.8 Å². The maximum Gasteiger partial charge on any atom is 0.524 e. The number of aromatic nitrogens is 1. The van der Waals surface area contributed by atoms with E-state index < -0.39 is 0 Å². The maximum absolute atomic E-state index is 7.91. The van der Waals surface area contributed by atoms with Crippen LogP contribution in [0.4, 0.5) is 17.1 Å². The summed E-state index contributed by atoms with van der Waals surface area (Å²) in [6.07, 6.45) is 0. The summed E-state index contributed by atoms with van der Waals surface area (Å²) < 4.78 is 8.96. The molecule has 0 saturated heterocycles. The van der Waals surface area contributed by atoms with Crippen LogP contribution in [0.5, 0.6) is 5.75 Å². The Morgan fingerprint density at radius 2 is 1.29 bits per heavy atom. The molecule has 9 rings (SSSR count). The van der Waals surface area contributed by atoms with Gasteiger partial charge in [-0.15, -0.1) is 0 Å². The summed E-state index contributed by atoms with van der Waals surface area (Å²) in [5.41, 5.74) is 11.6. The Balaban J connectivity index is 1.21. The van der Waals surface area contributed by atoms with E-state index in [-0.39, 0.29) is 7.05 Å². The summed E-state index contributed by atoms with van der Waals surface area (Å²) in [7, 11) is -0.218. The van der Waals surface area contributed by atoms with Gasteiger partial charge in [-0.2, -0.15) is 0 Å². The molecular weight excluding hydrogens is 513 g/mol.